The molecule has 1 aromatic carbocycles. The number of halogens is 1. The Labute approximate surface area is 142 Å². The van der Waals surface area contributed by atoms with E-state index in [4.69, 9.17) is 5.73 Å². The minimum Gasteiger partial charge on any atom is -0.341 e. The molecule has 2 rings (SSSR count). The van der Waals surface area contributed by atoms with Gasteiger partial charge in [0.25, 0.3) is 0 Å². The maximum atomic E-state index is 12.9. The summed E-state index contributed by atoms with van der Waals surface area (Å²) in [5, 5.41) is 0. The molecule has 24 heavy (non-hydrogen) atoms. The third-order valence-corrected chi connectivity index (χ3v) is 4.55. The van der Waals surface area contributed by atoms with Crippen LogP contribution in [0.5, 0.6) is 0 Å². The van der Waals surface area contributed by atoms with Crippen molar-refractivity contribution >= 4 is 11.8 Å². The summed E-state index contributed by atoms with van der Waals surface area (Å²) in [6, 6.07) is 5.51. The van der Waals surface area contributed by atoms with E-state index in [0.717, 1.165) is 5.56 Å². The van der Waals surface area contributed by atoms with Gasteiger partial charge < -0.3 is 15.5 Å². The second-order valence-electron chi connectivity index (χ2n) is 6.19. The van der Waals surface area contributed by atoms with Crippen LogP contribution in [0.25, 0.3) is 0 Å². The summed E-state index contributed by atoms with van der Waals surface area (Å²) < 4.78 is 12.9. The predicted octanol–water partition coefficient (Wildman–Crippen LogP) is 1.55. The van der Waals surface area contributed by atoms with Crippen molar-refractivity contribution in [1.82, 2.24) is 9.80 Å². The molecule has 1 heterocycles. The van der Waals surface area contributed by atoms with Gasteiger partial charge in [0.05, 0.1) is 0 Å². The molecule has 2 amide bonds. The van der Waals surface area contributed by atoms with Crippen molar-refractivity contribution in [3.05, 3.63) is 35.6 Å². The molecule has 1 aliphatic rings. The standard InChI is InChI=1S/C18H26FN3O2/c1-3-21(4-2)18(24)16-11-15(20)12-22(16)17(23)10-7-13-5-8-14(19)9-6-13/h5-6,8-9,15-16H,3-4,7,10-12,20H2,1-2H3/t15-,16-/m0/s1. The molecule has 0 unspecified atom stereocenters. The highest BCUT2D eigenvalue weighted by atomic mass is 19.1. The number of amides is 2. The van der Waals surface area contributed by atoms with Gasteiger partial charge in [-0.25, -0.2) is 4.39 Å². The SMILES string of the molecule is CCN(CC)C(=O)[C@@H]1C[C@H](N)CN1C(=O)CCc1ccc(F)cc1. The zero-order chi connectivity index (χ0) is 17.7. The number of likely N-dealkylation sites (tertiary alicyclic amines) is 1. The van der Waals surface area contributed by atoms with Gasteiger partial charge in [-0.05, 0) is 44.4 Å². The van der Waals surface area contributed by atoms with E-state index in [2.05, 4.69) is 0 Å². The highest BCUT2D eigenvalue weighted by Crippen LogP contribution is 2.20. The van der Waals surface area contributed by atoms with Gasteiger partial charge in [-0.15, -0.1) is 0 Å². The largest absolute Gasteiger partial charge is 0.341 e. The van der Waals surface area contributed by atoms with Crippen LogP contribution in [-0.4, -0.2) is 53.3 Å². The normalized spacial score (nSPS) is 20.2. The molecule has 1 aromatic rings. The molecule has 0 bridgehead atoms. The smallest absolute Gasteiger partial charge is 0.245 e. The van der Waals surface area contributed by atoms with Gasteiger partial charge in [-0.2, -0.15) is 0 Å². The van der Waals surface area contributed by atoms with Gasteiger partial charge in [0.1, 0.15) is 11.9 Å². The first-order valence-electron chi connectivity index (χ1n) is 8.54. The molecule has 0 radical (unpaired) electrons. The molecule has 5 nitrogen and oxygen atoms in total. The van der Waals surface area contributed by atoms with Crippen LogP contribution in [0, 0.1) is 5.82 Å². The number of carbonyl (C=O) groups excluding carboxylic acids is 2. The van der Waals surface area contributed by atoms with Crippen LogP contribution < -0.4 is 5.73 Å². The molecule has 0 aromatic heterocycles. The van der Waals surface area contributed by atoms with E-state index in [9.17, 15) is 14.0 Å². The first-order valence-corrected chi connectivity index (χ1v) is 8.54. The van der Waals surface area contributed by atoms with Crippen molar-refractivity contribution in [2.24, 2.45) is 5.73 Å². The number of benzene rings is 1. The fraction of sp³-hybridized carbons (Fsp3) is 0.556. The van der Waals surface area contributed by atoms with Crippen LogP contribution in [0.1, 0.15) is 32.3 Å². The molecule has 1 aliphatic heterocycles. The summed E-state index contributed by atoms with van der Waals surface area (Å²) in [5.41, 5.74) is 6.89. The van der Waals surface area contributed by atoms with Gasteiger partial charge in [0.15, 0.2) is 0 Å². The van der Waals surface area contributed by atoms with Crippen LogP contribution in [-0.2, 0) is 16.0 Å². The number of nitrogens with zero attached hydrogens (tertiary/aromatic N) is 2. The van der Waals surface area contributed by atoms with E-state index < -0.39 is 6.04 Å². The number of hydrogen-bond donors (Lipinski definition) is 1. The summed E-state index contributed by atoms with van der Waals surface area (Å²) >= 11 is 0. The Morgan fingerprint density at radius 1 is 1.25 bits per heavy atom. The van der Waals surface area contributed by atoms with Crippen molar-refractivity contribution in [2.45, 2.75) is 45.2 Å². The number of carbonyl (C=O) groups is 2. The van der Waals surface area contributed by atoms with Gasteiger partial charge >= 0.3 is 0 Å². The summed E-state index contributed by atoms with van der Waals surface area (Å²) in [6.07, 6.45) is 1.33. The highest BCUT2D eigenvalue weighted by Gasteiger charge is 2.39. The Balaban J connectivity index is 2.00. The lowest BCUT2D eigenvalue weighted by Gasteiger charge is -2.29. The Morgan fingerprint density at radius 2 is 1.88 bits per heavy atom. The second kappa shape index (κ2) is 8.24. The van der Waals surface area contributed by atoms with Crippen molar-refractivity contribution < 1.29 is 14.0 Å². The quantitative estimate of drug-likeness (QED) is 0.858. The zero-order valence-corrected chi connectivity index (χ0v) is 14.4. The summed E-state index contributed by atoms with van der Waals surface area (Å²) in [4.78, 5) is 28.5. The lowest BCUT2D eigenvalue weighted by atomic mass is 10.1. The van der Waals surface area contributed by atoms with Gasteiger partial charge in [0.2, 0.25) is 11.8 Å². The molecule has 6 heteroatoms. The van der Waals surface area contributed by atoms with E-state index >= 15 is 0 Å². The monoisotopic (exact) mass is 335 g/mol. The highest BCUT2D eigenvalue weighted by molar-refractivity contribution is 5.88. The second-order valence-corrected chi connectivity index (χ2v) is 6.19. The molecule has 0 saturated carbocycles. The topological polar surface area (TPSA) is 66.6 Å². The molecule has 0 spiro atoms. The third kappa shape index (κ3) is 4.32. The third-order valence-electron chi connectivity index (χ3n) is 4.55. The fourth-order valence-electron chi connectivity index (χ4n) is 3.17. The predicted molar refractivity (Wildman–Crippen MR) is 90.7 cm³/mol. The zero-order valence-electron chi connectivity index (χ0n) is 14.4. The summed E-state index contributed by atoms with van der Waals surface area (Å²) in [6.45, 7) is 5.52. The lowest BCUT2D eigenvalue weighted by Crippen LogP contribution is -2.47. The van der Waals surface area contributed by atoms with Gasteiger partial charge in [0, 0.05) is 32.1 Å². The van der Waals surface area contributed by atoms with E-state index in [-0.39, 0.29) is 23.7 Å². The number of hydrogen-bond acceptors (Lipinski definition) is 3. The Hall–Kier alpha value is -1.95. The number of nitrogens with two attached hydrogens (primary N) is 1. The van der Waals surface area contributed by atoms with Crippen LogP contribution in [0.2, 0.25) is 0 Å². The van der Waals surface area contributed by atoms with E-state index in [0.29, 0.717) is 38.9 Å². The van der Waals surface area contributed by atoms with Crippen molar-refractivity contribution in [2.75, 3.05) is 19.6 Å². The maximum absolute atomic E-state index is 12.9. The average Bonchev–Trinajstić information content (AvgIpc) is 2.97. The molecular formula is C18H26FN3O2. The van der Waals surface area contributed by atoms with Crippen LogP contribution in [0.3, 0.4) is 0 Å². The molecule has 0 aliphatic carbocycles. The number of rotatable bonds is 6. The molecule has 132 valence electrons. The maximum Gasteiger partial charge on any atom is 0.245 e. The Morgan fingerprint density at radius 3 is 2.46 bits per heavy atom. The van der Waals surface area contributed by atoms with Crippen molar-refractivity contribution in [3.63, 3.8) is 0 Å². The van der Waals surface area contributed by atoms with E-state index in [1.54, 1.807) is 21.9 Å². The Bertz CT molecular complexity index is 572. The van der Waals surface area contributed by atoms with Crippen LogP contribution in [0.15, 0.2) is 24.3 Å². The summed E-state index contributed by atoms with van der Waals surface area (Å²) in [7, 11) is 0. The van der Waals surface area contributed by atoms with E-state index in [1.807, 2.05) is 13.8 Å². The lowest BCUT2D eigenvalue weighted by molar-refractivity contribution is -0.143. The number of aryl methyl sites for hydroxylation is 1. The minimum atomic E-state index is -0.458. The molecular weight excluding hydrogens is 309 g/mol. The van der Waals surface area contributed by atoms with Crippen LogP contribution >= 0.6 is 0 Å². The minimum absolute atomic E-state index is 0.0249. The average molecular weight is 335 g/mol. The molecule has 1 saturated heterocycles. The van der Waals surface area contributed by atoms with Gasteiger partial charge in [-0.3, -0.25) is 9.59 Å². The fourth-order valence-corrected chi connectivity index (χ4v) is 3.17. The summed E-state index contributed by atoms with van der Waals surface area (Å²) in [5.74, 6) is -0.388. The molecule has 1 fully saturated rings. The van der Waals surface area contributed by atoms with Gasteiger partial charge in [-0.1, -0.05) is 12.1 Å². The molecule has 2 atom stereocenters. The molecule has 2 N–H and O–H groups in total. The van der Waals surface area contributed by atoms with Crippen molar-refractivity contribution in [3.8, 4) is 0 Å². The van der Waals surface area contributed by atoms with Crippen molar-refractivity contribution in [1.29, 1.82) is 0 Å². The van der Waals surface area contributed by atoms with E-state index in [1.165, 1.54) is 12.1 Å². The Kier molecular flexibility index (Phi) is 6.31. The first-order chi connectivity index (χ1) is 11.5. The first kappa shape index (κ1) is 18.4. The number of likely N-dealkylation sites (N-methyl/N-ethyl adjacent to an activating group) is 1. The van der Waals surface area contributed by atoms with Crippen LogP contribution in [0.4, 0.5) is 4.39 Å².